The molecule has 0 amide bonds. The number of aliphatic hydroxyl groups excluding tert-OH is 1. The van der Waals surface area contributed by atoms with E-state index in [1.165, 1.54) is 7.11 Å². The first-order chi connectivity index (χ1) is 9.60. The van der Waals surface area contributed by atoms with Gasteiger partial charge in [0.25, 0.3) is 0 Å². The predicted molar refractivity (Wildman–Crippen MR) is 77.0 cm³/mol. The molecule has 0 aromatic heterocycles. The van der Waals surface area contributed by atoms with E-state index in [-0.39, 0.29) is 6.61 Å². The second kappa shape index (κ2) is 8.39. The highest BCUT2D eigenvalue weighted by atomic mass is 16.5. The van der Waals surface area contributed by atoms with Crippen molar-refractivity contribution in [2.75, 3.05) is 39.1 Å². The first-order valence-corrected chi connectivity index (χ1v) is 6.53. The van der Waals surface area contributed by atoms with E-state index in [9.17, 15) is 4.79 Å². The Morgan fingerprint density at radius 2 is 2.15 bits per heavy atom. The first kappa shape index (κ1) is 16.3. The maximum absolute atomic E-state index is 11.6. The largest absolute Gasteiger partial charge is 0.493 e. The maximum Gasteiger partial charge on any atom is 0.338 e. The van der Waals surface area contributed by atoms with Crippen LogP contribution in [0.25, 0.3) is 0 Å². The van der Waals surface area contributed by atoms with Gasteiger partial charge in [-0.05, 0) is 31.5 Å². The average Bonchev–Trinajstić information content (AvgIpc) is 2.45. The standard InChI is InChI=1S/C14H22N2O4/c1-10-12(14(18)19-2)8-11(9-13(10)15)20-7-3-4-16-5-6-17/h8-9,16-17H,3-7,15H2,1-2H3. The Labute approximate surface area is 118 Å². The van der Waals surface area contributed by atoms with Crippen LogP contribution in [0, 0.1) is 6.92 Å². The number of nitrogens with two attached hydrogens (primary N) is 1. The van der Waals surface area contributed by atoms with Crippen LogP contribution in [-0.4, -0.2) is 44.5 Å². The monoisotopic (exact) mass is 282 g/mol. The van der Waals surface area contributed by atoms with Crippen molar-refractivity contribution in [2.24, 2.45) is 0 Å². The highest BCUT2D eigenvalue weighted by Crippen LogP contribution is 2.24. The van der Waals surface area contributed by atoms with Crippen molar-refractivity contribution in [2.45, 2.75) is 13.3 Å². The average molecular weight is 282 g/mol. The molecule has 20 heavy (non-hydrogen) atoms. The molecule has 0 atom stereocenters. The number of aliphatic hydroxyl groups is 1. The van der Waals surface area contributed by atoms with E-state index in [0.717, 1.165) is 13.0 Å². The summed E-state index contributed by atoms with van der Waals surface area (Å²) in [7, 11) is 1.33. The Morgan fingerprint density at radius 3 is 2.80 bits per heavy atom. The highest BCUT2D eigenvalue weighted by molar-refractivity contribution is 5.93. The Morgan fingerprint density at radius 1 is 1.40 bits per heavy atom. The normalized spacial score (nSPS) is 10.3. The molecule has 0 unspecified atom stereocenters. The molecule has 1 aromatic rings. The number of methoxy groups -OCH3 is 1. The summed E-state index contributed by atoms with van der Waals surface area (Å²) in [5, 5.41) is 11.7. The highest BCUT2D eigenvalue weighted by Gasteiger charge is 2.13. The lowest BCUT2D eigenvalue weighted by atomic mass is 10.1. The van der Waals surface area contributed by atoms with Gasteiger partial charge in [0.2, 0.25) is 0 Å². The van der Waals surface area contributed by atoms with Gasteiger partial charge in [-0.3, -0.25) is 0 Å². The van der Waals surface area contributed by atoms with Crippen LogP contribution >= 0.6 is 0 Å². The summed E-state index contributed by atoms with van der Waals surface area (Å²) in [6, 6.07) is 3.33. The Balaban J connectivity index is 2.58. The molecular formula is C14H22N2O4. The summed E-state index contributed by atoms with van der Waals surface area (Å²) in [4.78, 5) is 11.6. The zero-order valence-corrected chi connectivity index (χ0v) is 11.9. The van der Waals surface area contributed by atoms with Crippen molar-refractivity contribution in [1.82, 2.24) is 5.32 Å². The summed E-state index contributed by atoms with van der Waals surface area (Å²) in [6.45, 7) is 3.72. The Hall–Kier alpha value is -1.79. The van der Waals surface area contributed by atoms with Gasteiger partial charge in [0.05, 0.1) is 25.9 Å². The predicted octanol–water partition coefficient (Wildman–Crippen LogP) is 0.715. The van der Waals surface area contributed by atoms with Crippen molar-refractivity contribution < 1.29 is 19.4 Å². The minimum atomic E-state index is -0.427. The number of ether oxygens (including phenoxy) is 2. The van der Waals surface area contributed by atoms with Gasteiger partial charge in [-0.1, -0.05) is 0 Å². The number of anilines is 1. The molecule has 4 N–H and O–H groups in total. The quantitative estimate of drug-likeness (QED) is 0.369. The van der Waals surface area contributed by atoms with Gasteiger partial charge in [-0.2, -0.15) is 0 Å². The van der Waals surface area contributed by atoms with Crippen LogP contribution < -0.4 is 15.8 Å². The molecule has 0 aliphatic carbocycles. The zero-order valence-electron chi connectivity index (χ0n) is 11.9. The number of hydrogen-bond donors (Lipinski definition) is 3. The third-order valence-electron chi connectivity index (χ3n) is 2.88. The second-order valence-corrected chi connectivity index (χ2v) is 4.35. The van der Waals surface area contributed by atoms with Gasteiger partial charge in [0.15, 0.2) is 0 Å². The second-order valence-electron chi connectivity index (χ2n) is 4.35. The van der Waals surface area contributed by atoms with Crippen LogP contribution in [0.1, 0.15) is 22.3 Å². The maximum atomic E-state index is 11.6. The van der Waals surface area contributed by atoms with Crippen LogP contribution in [0.3, 0.4) is 0 Å². The first-order valence-electron chi connectivity index (χ1n) is 6.53. The molecule has 6 nitrogen and oxygen atoms in total. The van der Waals surface area contributed by atoms with E-state index in [0.29, 0.717) is 35.7 Å². The minimum absolute atomic E-state index is 0.123. The number of rotatable bonds is 8. The Bertz CT molecular complexity index is 449. The van der Waals surface area contributed by atoms with Crippen molar-refractivity contribution in [1.29, 1.82) is 0 Å². The number of hydrogen-bond acceptors (Lipinski definition) is 6. The fraction of sp³-hybridized carbons (Fsp3) is 0.500. The van der Waals surface area contributed by atoms with E-state index >= 15 is 0 Å². The molecule has 0 aliphatic heterocycles. The molecule has 0 spiro atoms. The molecule has 0 bridgehead atoms. The van der Waals surface area contributed by atoms with Crippen LogP contribution in [0.4, 0.5) is 5.69 Å². The lowest BCUT2D eigenvalue weighted by Gasteiger charge is -2.12. The van der Waals surface area contributed by atoms with Gasteiger partial charge >= 0.3 is 5.97 Å². The van der Waals surface area contributed by atoms with Gasteiger partial charge < -0.3 is 25.6 Å². The number of carbonyl (C=O) groups is 1. The van der Waals surface area contributed by atoms with E-state index in [1.807, 2.05) is 0 Å². The Kier molecular flexibility index (Phi) is 6.83. The number of carbonyl (C=O) groups excluding carboxylic acids is 1. The molecule has 1 aromatic carbocycles. The minimum Gasteiger partial charge on any atom is -0.493 e. The van der Waals surface area contributed by atoms with Gasteiger partial charge in [0.1, 0.15) is 5.75 Å². The molecule has 1 rings (SSSR count). The van der Waals surface area contributed by atoms with Crippen molar-refractivity contribution in [3.8, 4) is 5.75 Å². The van der Waals surface area contributed by atoms with Crippen LogP contribution in [0.15, 0.2) is 12.1 Å². The number of nitrogens with one attached hydrogen (secondary N) is 1. The molecular weight excluding hydrogens is 260 g/mol. The van der Waals surface area contributed by atoms with Crippen LogP contribution in [0.5, 0.6) is 5.75 Å². The van der Waals surface area contributed by atoms with Gasteiger partial charge in [0, 0.05) is 18.3 Å². The smallest absolute Gasteiger partial charge is 0.338 e. The summed E-state index contributed by atoms with van der Waals surface area (Å²) in [6.07, 6.45) is 0.793. The third kappa shape index (κ3) is 4.71. The SMILES string of the molecule is COC(=O)c1cc(OCCCNCCO)cc(N)c1C. The van der Waals surface area contributed by atoms with Crippen molar-refractivity contribution in [3.63, 3.8) is 0 Å². The summed E-state index contributed by atoms with van der Waals surface area (Å²) < 4.78 is 10.3. The zero-order chi connectivity index (χ0) is 15.0. The molecule has 0 saturated carbocycles. The van der Waals surface area contributed by atoms with E-state index in [1.54, 1.807) is 19.1 Å². The van der Waals surface area contributed by atoms with E-state index < -0.39 is 5.97 Å². The summed E-state index contributed by atoms with van der Waals surface area (Å²) >= 11 is 0. The summed E-state index contributed by atoms with van der Waals surface area (Å²) in [5.74, 6) is 0.125. The lowest BCUT2D eigenvalue weighted by Crippen LogP contribution is -2.20. The van der Waals surface area contributed by atoms with Gasteiger partial charge in [-0.15, -0.1) is 0 Å². The fourth-order valence-corrected chi connectivity index (χ4v) is 1.71. The summed E-state index contributed by atoms with van der Waals surface area (Å²) in [5.41, 5.74) is 7.46. The molecule has 0 radical (unpaired) electrons. The molecule has 0 saturated heterocycles. The molecule has 0 fully saturated rings. The van der Waals surface area contributed by atoms with Crippen LogP contribution in [-0.2, 0) is 4.74 Å². The molecule has 0 heterocycles. The van der Waals surface area contributed by atoms with Crippen molar-refractivity contribution >= 4 is 11.7 Å². The van der Waals surface area contributed by atoms with Crippen LogP contribution in [0.2, 0.25) is 0 Å². The molecule has 112 valence electrons. The van der Waals surface area contributed by atoms with Crippen molar-refractivity contribution in [3.05, 3.63) is 23.3 Å². The number of nitrogen functional groups attached to an aromatic ring is 1. The number of benzene rings is 1. The topological polar surface area (TPSA) is 93.8 Å². The molecule has 0 aliphatic rings. The fourth-order valence-electron chi connectivity index (χ4n) is 1.71. The third-order valence-corrected chi connectivity index (χ3v) is 2.88. The van der Waals surface area contributed by atoms with E-state index in [2.05, 4.69) is 5.32 Å². The number of esters is 1. The van der Waals surface area contributed by atoms with Gasteiger partial charge in [-0.25, -0.2) is 4.79 Å². The lowest BCUT2D eigenvalue weighted by molar-refractivity contribution is 0.0599. The molecule has 6 heteroatoms. The van der Waals surface area contributed by atoms with E-state index in [4.69, 9.17) is 20.3 Å².